The lowest BCUT2D eigenvalue weighted by Gasteiger charge is -2.38. The van der Waals surface area contributed by atoms with Gasteiger partial charge < -0.3 is 19.9 Å². The highest BCUT2D eigenvalue weighted by atomic mass is 16.5. The van der Waals surface area contributed by atoms with Gasteiger partial charge in [-0.2, -0.15) is 10.2 Å². The largest absolute Gasteiger partial charge is 0.491 e. The fourth-order valence-electron chi connectivity index (χ4n) is 8.72. The first-order chi connectivity index (χ1) is 28.8. The van der Waals surface area contributed by atoms with Crippen LogP contribution in [0.2, 0.25) is 0 Å². The maximum Gasteiger partial charge on any atom is 0.262 e. The Balaban J connectivity index is 0.724. The van der Waals surface area contributed by atoms with Gasteiger partial charge in [0.15, 0.2) is 5.65 Å². The van der Waals surface area contributed by atoms with Gasteiger partial charge in [0, 0.05) is 94.5 Å². The molecule has 5 amide bonds. The summed E-state index contributed by atoms with van der Waals surface area (Å²) in [7, 11) is 0. The Morgan fingerprint density at radius 1 is 0.881 bits per heavy atom. The number of rotatable bonds is 11. The van der Waals surface area contributed by atoms with Gasteiger partial charge in [0.05, 0.1) is 41.2 Å². The number of nitrogens with zero attached hydrogens (tertiary/aromatic N) is 9. The van der Waals surface area contributed by atoms with E-state index in [1.165, 1.54) is 6.20 Å². The molecule has 4 aliphatic heterocycles. The number of anilines is 2. The van der Waals surface area contributed by atoms with Crippen molar-refractivity contribution in [2.75, 3.05) is 69.2 Å². The molecule has 59 heavy (non-hydrogen) atoms. The second-order valence-electron chi connectivity index (χ2n) is 16.2. The monoisotopic (exact) mass is 799 g/mol. The maximum absolute atomic E-state index is 13.4. The van der Waals surface area contributed by atoms with E-state index in [2.05, 4.69) is 46.3 Å². The molecule has 5 aliphatic rings. The number of piperidine rings is 2. The first-order valence-corrected chi connectivity index (χ1v) is 20.6. The summed E-state index contributed by atoms with van der Waals surface area (Å²) in [6.07, 6.45) is 11.5. The van der Waals surface area contributed by atoms with Crippen molar-refractivity contribution in [3.63, 3.8) is 0 Å². The van der Waals surface area contributed by atoms with Crippen LogP contribution in [0.15, 0.2) is 61.2 Å². The van der Waals surface area contributed by atoms with Crippen molar-refractivity contribution in [1.82, 2.24) is 44.4 Å². The molecule has 4 fully saturated rings. The van der Waals surface area contributed by atoms with Gasteiger partial charge in [0.1, 0.15) is 17.4 Å². The van der Waals surface area contributed by atoms with Gasteiger partial charge in [-0.3, -0.25) is 43.8 Å². The van der Waals surface area contributed by atoms with E-state index in [1.54, 1.807) is 35.1 Å². The fraction of sp³-hybridized carbons (Fsp3) is 0.429. The first-order valence-electron chi connectivity index (χ1n) is 20.6. The van der Waals surface area contributed by atoms with Crippen LogP contribution in [-0.2, 0) is 9.59 Å². The number of aromatic nitrogens is 5. The Kier molecular flexibility index (Phi) is 9.55. The lowest BCUT2D eigenvalue weighted by Crippen LogP contribution is -2.54. The molecule has 3 aromatic heterocycles. The Morgan fingerprint density at radius 2 is 1.66 bits per heavy atom. The van der Waals surface area contributed by atoms with Crippen LogP contribution in [-0.4, -0.2) is 134 Å². The lowest BCUT2D eigenvalue weighted by atomic mass is 10.0. The van der Waals surface area contributed by atoms with Crippen LogP contribution in [0.1, 0.15) is 75.6 Å². The third-order valence-electron chi connectivity index (χ3n) is 12.4. The number of hydrogen-bond acceptors (Lipinski definition) is 12. The third kappa shape index (κ3) is 7.28. The molecule has 1 unspecified atom stereocenters. The first kappa shape index (κ1) is 37.1. The van der Waals surface area contributed by atoms with E-state index < -0.39 is 29.7 Å². The van der Waals surface area contributed by atoms with Crippen LogP contribution in [0.3, 0.4) is 0 Å². The highest BCUT2D eigenvalue weighted by Gasteiger charge is 2.45. The van der Waals surface area contributed by atoms with Gasteiger partial charge in [-0.05, 0) is 68.4 Å². The summed E-state index contributed by atoms with van der Waals surface area (Å²) >= 11 is 0. The zero-order chi connectivity index (χ0) is 40.2. The Bertz CT molecular complexity index is 2490. The zero-order valence-electron chi connectivity index (χ0n) is 32.6. The molecular formula is C42H45N11O6. The highest BCUT2D eigenvalue weighted by Crippen LogP contribution is 2.36. The molecule has 1 saturated carbocycles. The molecule has 5 aromatic rings. The summed E-state index contributed by atoms with van der Waals surface area (Å²) in [5.74, 6) is -1.11. The fourth-order valence-corrected chi connectivity index (χ4v) is 8.72. The molecule has 0 radical (unpaired) electrons. The molecule has 304 valence electrons. The third-order valence-corrected chi connectivity index (χ3v) is 12.4. The predicted octanol–water partition coefficient (Wildman–Crippen LogP) is 2.98. The van der Waals surface area contributed by atoms with Crippen LogP contribution in [0.5, 0.6) is 5.75 Å². The van der Waals surface area contributed by atoms with E-state index in [1.807, 2.05) is 18.2 Å². The van der Waals surface area contributed by atoms with E-state index >= 15 is 0 Å². The topological polar surface area (TPSA) is 180 Å². The van der Waals surface area contributed by atoms with E-state index in [9.17, 15) is 24.0 Å². The number of nitrogens with one attached hydrogen (secondary N) is 2. The molecule has 1 atom stereocenters. The lowest BCUT2D eigenvalue weighted by molar-refractivity contribution is -0.136. The summed E-state index contributed by atoms with van der Waals surface area (Å²) in [6, 6.07) is 10.3. The van der Waals surface area contributed by atoms with Crippen LogP contribution in [0.4, 0.5) is 11.4 Å². The number of carbonyl (C=O) groups is 5. The van der Waals surface area contributed by atoms with E-state index in [0.29, 0.717) is 46.3 Å². The van der Waals surface area contributed by atoms with Crippen molar-refractivity contribution in [2.45, 2.75) is 50.6 Å². The van der Waals surface area contributed by atoms with E-state index in [0.717, 1.165) is 99.5 Å². The van der Waals surface area contributed by atoms with Crippen molar-refractivity contribution in [3.8, 4) is 5.75 Å². The molecule has 2 aromatic carbocycles. The summed E-state index contributed by atoms with van der Waals surface area (Å²) in [6.45, 7) is 7.86. The predicted molar refractivity (Wildman–Crippen MR) is 215 cm³/mol. The van der Waals surface area contributed by atoms with Crippen molar-refractivity contribution in [3.05, 3.63) is 77.9 Å². The molecule has 3 saturated heterocycles. The number of fused-ring (bicyclic) bond motifs is 3. The molecule has 0 spiro atoms. The van der Waals surface area contributed by atoms with Crippen LogP contribution < -0.4 is 20.3 Å². The van der Waals surface area contributed by atoms with Crippen molar-refractivity contribution < 1.29 is 28.7 Å². The number of carbonyl (C=O) groups excluding carboxylic acids is 5. The summed E-state index contributed by atoms with van der Waals surface area (Å²) < 4.78 is 9.91. The van der Waals surface area contributed by atoms with Gasteiger partial charge >= 0.3 is 0 Å². The van der Waals surface area contributed by atoms with Crippen LogP contribution in [0, 0.1) is 5.92 Å². The molecule has 10 rings (SSSR count). The minimum Gasteiger partial charge on any atom is -0.491 e. The standard InChI is InChI=1S/C42H45N11O6/c54-37-7-6-35(40(56)46-37)53-41(57)30-5-4-29(21-31(30)42(53)58)50-18-16-49(17-19-50)15-14-48-12-8-28(9-13-48)52-24-27-20-34(36(22-33(27)47-52)59-25-26-2-3-26)45-39(55)32-23-44-51-11-1-10-43-38(32)51/h1,4-5,10-11,20-24,26,28,35H,2-3,6-9,12-19,25H2,(H,45,55)(H,46,54,56). The number of imide groups is 2. The average Bonchev–Trinajstić information content (AvgIpc) is 3.74. The van der Waals surface area contributed by atoms with Crippen LogP contribution >= 0.6 is 0 Å². The van der Waals surface area contributed by atoms with Gasteiger partial charge in [0.2, 0.25) is 11.8 Å². The molecular weight excluding hydrogens is 755 g/mol. The molecule has 17 heteroatoms. The van der Waals surface area contributed by atoms with Crippen LogP contribution in [0.25, 0.3) is 16.6 Å². The molecule has 2 N–H and O–H groups in total. The molecule has 7 heterocycles. The normalized spacial score (nSPS) is 20.8. The summed E-state index contributed by atoms with van der Waals surface area (Å²) in [5, 5.41) is 15.5. The minimum atomic E-state index is -0.973. The average molecular weight is 800 g/mol. The second-order valence-corrected chi connectivity index (χ2v) is 16.2. The molecule has 17 nitrogen and oxygen atoms in total. The Labute approximate surface area is 339 Å². The second kappa shape index (κ2) is 15.2. The quantitative estimate of drug-likeness (QED) is 0.187. The van der Waals surface area contributed by atoms with Gasteiger partial charge in [-0.1, -0.05) is 0 Å². The smallest absolute Gasteiger partial charge is 0.262 e. The number of likely N-dealkylation sites (tertiary alicyclic amines) is 1. The maximum atomic E-state index is 13.4. The summed E-state index contributed by atoms with van der Waals surface area (Å²) in [4.78, 5) is 76.6. The number of amides is 5. The van der Waals surface area contributed by atoms with E-state index in [-0.39, 0.29) is 24.8 Å². The number of hydrogen-bond donors (Lipinski definition) is 2. The minimum absolute atomic E-state index is 0.0921. The molecule has 0 bridgehead atoms. The highest BCUT2D eigenvalue weighted by molar-refractivity contribution is 6.23. The van der Waals surface area contributed by atoms with Crippen molar-refractivity contribution in [2.24, 2.45) is 5.92 Å². The Morgan fingerprint density at radius 3 is 2.44 bits per heavy atom. The number of benzene rings is 2. The van der Waals surface area contributed by atoms with Crippen molar-refractivity contribution >= 4 is 57.5 Å². The van der Waals surface area contributed by atoms with E-state index in [4.69, 9.17) is 9.84 Å². The van der Waals surface area contributed by atoms with Crippen molar-refractivity contribution in [1.29, 1.82) is 0 Å². The molecule has 1 aliphatic carbocycles. The van der Waals surface area contributed by atoms with Gasteiger partial charge in [-0.25, -0.2) is 9.50 Å². The summed E-state index contributed by atoms with van der Waals surface area (Å²) in [5.41, 5.74) is 3.80. The number of piperazine rings is 1. The number of ether oxygens (including phenoxy) is 1. The van der Waals surface area contributed by atoms with Gasteiger partial charge in [-0.15, -0.1) is 0 Å². The Hall–Kier alpha value is -6.20. The SMILES string of the molecule is O=C1CCC(N2C(=O)c3ccc(N4CCN(CCN5CCC(n6cc7cc(NC(=O)c8cnn9cccnc89)c(OCC8CC8)cc7n6)CC5)CC4)cc3C2=O)C(=O)N1. The zero-order valence-corrected chi connectivity index (χ0v) is 32.6. The van der Waals surface area contributed by atoms with Gasteiger partial charge in [0.25, 0.3) is 17.7 Å².